The molecular formula is C28H29N5. The van der Waals surface area contributed by atoms with E-state index in [2.05, 4.69) is 89.2 Å². The number of piperidine rings is 1. The van der Waals surface area contributed by atoms with Crippen LogP contribution in [-0.4, -0.2) is 32.6 Å². The molecule has 4 heterocycles. The van der Waals surface area contributed by atoms with E-state index in [9.17, 15) is 0 Å². The molecule has 1 aliphatic rings. The summed E-state index contributed by atoms with van der Waals surface area (Å²) < 4.78 is 2.38. The molecule has 33 heavy (non-hydrogen) atoms. The van der Waals surface area contributed by atoms with E-state index in [0.717, 1.165) is 48.4 Å². The number of aryl methyl sites for hydroxylation is 3. The van der Waals surface area contributed by atoms with Gasteiger partial charge in [0.25, 0.3) is 0 Å². The molecule has 1 saturated heterocycles. The molecule has 0 unspecified atom stereocenters. The standard InChI is InChI=1S/C28H29N5/c1-17-13-21(14-18(2)31-17)27-19(3)23-8-7-20(15-25(23)32-27)24-5-4-6-26-28(24)30-16-33(26)22-9-11-29-12-10-22/h4-8,13-16,22,29,32H,9-12H2,1-3H3. The highest BCUT2D eigenvalue weighted by molar-refractivity contribution is 5.97. The number of H-pyrrole nitrogens is 1. The third kappa shape index (κ3) is 3.44. The summed E-state index contributed by atoms with van der Waals surface area (Å²) in [7, 11) is 0. The highest BCUT2D eigenvalue weighted by Gasteiger charge is 2.19. The minimum atomic E-state index is 0.523. The SMILES string of the molecule is Cc1cc(-c2[nH]c3cc(-c4cccc5c4ncn5C4CCNCC4)ccc3c2C)cc(C)n1. The van der Waals surface area contributed by atoms with Crippen LogP contribution in [0.5, 0.6) is 0 Å². The van der Waals surface area contributed by atoms with E-state index in [0.29, 0.717) is 6.04 Å². The van der Waals surface area contributed by atoms with Crippen molar-refractivity contribution in [3.05, 3.63) is 71.8 Å². The molecule has 1 aliphatic heterocycles. The minimum absolute atomic E-state index is 0.523. The van der Waals surface area contributed by atoms with Crippen LogP contribution in [0.2, 0.25) is 0 Å². The largest absolute Gasteiger partial charge is 0.354 e. The van der Waals surface area contributed by atoms with Crippen molar-refractivity contribution in [2.24, 2.45) is 0 Å². The summed E-state index contributed by atoms with van der Waals surface area (Å²) >= 11 is 0. The fourth-order valence-corrected chi connectivity index (χ4v) is 5.44. The van der Waals surface area contributed by atoms with Gasteiger partial charge >= 0.3 is 0 Å². The zero-order valence-corrected chi connectivity index (χ0v) is 19.4. The molecular weight excluding hydrogens is 406 g/mol. The average Bonchev–Trinajstić information content (AvgIpc) is 3.40. The van der Waals surface area contributed by atoms with Crippen molar-refractivity contribution in [1.29, 1.82) is 0 Å². The lowest BCUT2D eigenvalue weighted by Crippen LogP contribution is -2.29. The van der Waals surface area contributed by atoms with Gasteiger partial charge in [0.1, 0.15) is 0 Å². The monoisotopic (exact) mass is 435 g/mol. The van der Waals surface area contributed by atoms with Crippen molar-refractivity contribution in [3.8, 4) is 22.4 Å². The van der Waals surface area contributed by atoms with E-state index < -0.39 is 0 Å². The van der Waals surface area contributed by atoms with Gasteiger partial charge in [-0.15, -0.1) is 0 Å². The molecule has 5 nitrogen and oxygen atoms in total. The van der Waals surface area contributed by atoms with E-state index in [1.165, 1.54) is 38.9 Å². The number of hydrogen-bond acceptors (Lipinski definition) is 3. The Morgan fingerprint density at radius 1 is 0.909 bits per heavy atom. The van der Waals surface area contributed by atoms with Crippen LogP contribution >= 0.6 is 0 Å². The first-order valence-corrected chi connectivity index (χ1v) is 11.8. The first-order valence-electron chi connectivity index (χ1n) is 11.8. The Morgan fingerprint density at radius 2 is 1.70 bits per heavy atom. The van der Waals surface area contributed by atoms with Gasteiger partial charge in [0, 0.05) is 45.2 Å². The summed E-state index contributed by atoms with van der Waals surface area (Å²) in [6.07, 6.45) is 4.34. The normalized spacial score (nSPS) is 15.0. The van der Waals surface area contributed by atoms with Gasteiger partial charge < -0.3 is 14.9 Å². The molecule has 0 aliphatic carbocycles. The molecule has 2 N–H and O–H groups in total. The highest BCUT2D eigenvalue weighted by Crippen LogP contribution is 2.35. The molecule has 0 saturated carbocycles. The highest BCUT2D eigenvalue weighted by atomic mass is 15.1. The summed E-state index contributed by atoms with van der Waals surface area (Å²) in [6.45, 7) is 8.45. The number of nitrogens with zero attached hydrogens (tertiary/aromatic N) is 3. The Balaban J connectivity index is 1.45. The Labute approximate surface area is 193 Å². The molecule has 166 valence electrons. The van der Waals surface area contributed by atoms with Crippen LogP contribution in [0.25, 0.3) is 44.3 Å². The maximum absolute atomic E-state index is 4.87. The third-order valence-corrected chi connectivity index (χ3v) is 7.05. The number of rotatable bonds is 3. The van der Waals surface area contributed by atoms with Crippen molar-refractivity contribution in [2.75, 3.05) is 13.1 Å². The van der Waals surface area contributed by atoms with Crippen molar-refractivity contribution >= 4 is 21.9 Å². The number of hydrogen-bond donors (Lipinski definition) is 2. The Bertz CT molecular complexity index is 1460. The number of imidazole rings is 1. The second-order valence-corrected chi connectivity index (χ2v) is 9.33. The molecule has 5 aromatic rings. The van der Waals surface area contributed by atoms with E-state index in [1.54, 1.807) is 0 Å². The van der Waals surface area contributed by atoms with Crippen LogP contribution in [-0.2, 0) is 0 Å². The molecule has 6 rings (SSSR count). The van der Waals surface area contributed by atoms with Gasteiger partial charge in [-0.2, -0.15) is 0 Å². The lowest BCUT2D eigenvalue weighted by atomic mass is 10.0. The fourth-order valence-electron chi connectivity index (χ4n) is 5.44. The van der Waals surface area contributed by atoms with Crippen LogP contribution in [0.3, 0.4) is 0 Å². The zero-order chi connectivity index (χ0) is 22.5. The summed E-state index contributed by atoms with van der Waals surface area (Å²) in [4.78, 5) is 13.1. The predicted octanol–water partition coefficient (Wildman–Crippen LogP) is 6.10. The number of aromatic amines is 1. The summed E-state index contributed by atoms with van der Waals surface area (Å²) in [5.41, 5.74) is 11.6. The summed E-state index contributed by atoms with van der Waals surface area (Å²) in [6, 6.07) is 18.1. The smallest absolute Gasteiger partial charge is 0.0963 e. The lowest BCUT2D eigenvalue weighted by molar-refractivity contribution is 0.374. The van der Waals surface area contributed by atoms with Crippen molar-refractivity contribution in [3.63, 3.8) is 0 Å². The number of nitrogens with one attached hydrogen (secondary N) is 2. The predicted molar refractivity (Wildman–Crippen MR) is 136 cm³/mol. The average molecular weight is 436 g/mol. The van der Waals surface area contributed by atoms with Crippen molar-refractivity contribution in [1.82, 2.24) is 24.8 Å². The number of benzene rings is 2. The molecule has 1 fully saturated rings. The van der Waals surface area contributed by atoms with Crippen molar-refractivity contribution in [2.45, 2.75) is 39.7 Å². The van der Waals surface area contributed by atoms with E-state index in [-0.39, 0.29) is 0 Å². The minimum Gasteiger partial charge on any atom is -0.354 e. The van der Waals surface area contributed by atoms with Crippen LogP contribution in [0.15, 0.2) is 54.9 Å². The van der Waals surface area contributed by atoms with Gasteiger partial charge in [0.05, 0.1) is 17.4 Å². The molecule has 0 atom stereocenters. The maximum Gasteiger partial charge on any atom is 0.0963 e. The Morgan fingerprint density at radius 3 is 2.48 bits per heavy atom. The quantitative estimate of drug-likeness (QED) is 0.360. The van der Waals surface area contributed by atoms with E-state index in [1.807, 2.05) is 6.33 Å². The topological polar surface area (TPSA) is 58.5 Å². The molecule has 0 radical (unpaired) electrons. The van der Waals surface area contributed by atoms with Gasteiger partial charge in [-0.25, -0.2) is 4.98 Å². The number of aromatic nitrogens is 4. The number of pyridine rings is 1. The molecule has 0 bridgehead atoms. The lowest BCUT2D eigenvalue weighted by Gasteiger charge is -2.24. The van der Waals surface area contributed by atoms with Crippen LogP contribution < -0.4 is 5.32 Å². The van der Waals surface area contributed by atoms with Crippen LogP contribution in [0, 0.1) is 20.8 Å². The van der Waals surface area contributed by atoms with Gasteiger partial charge in [-0.1, -0.05) is 24.3 Å². The van der Waals surface area contributed by atoms with E-state index >= 15 is 0 Å². The van der Waals surface area contributed by atoms with Gasteiger partial charge in [-0.3, -0.25) is 4.98 Å². The van der Waals surface area contributed by atoms with Gasteiger partial charge in [0.15, 0.2) is 0 Å². The Hall–Kier alpha value is -3.44. The second-order valence-electron chi connectivity index (χ2n) is 9.33. The first-order chi connectivity index (χ1) is 16.1. The maximum atomic E-state index is 4.87. The van der Waals surface area contributed by atoms with Gasteiger partial charge in [0.2, 0.25) is 0 Å². The number of para-hydroxylation sites is 1. The van der Waals surface area contributed by atoms with Gasteiger partial charge in [-0.05, 0) is 82.1 Å². The van der Waals surface area contributed by atoms with Crippen molar-refractivity contribution < 1.29 is 0 Å². The summed E-state index contributed by atoms with van der Waals surface area (Å²) in [5, 5.41) is 4.72. The second kappa shape index (κ2) is 7.85. The first kappa shape index (κ1) is 20.2. The van der Waals surface area contributed by atoms with Crippen LogP contribution in [0.1, 0.15) is 35.8 Å². The van der Waals surface area contributed by atoms with Crippen LogP contribution in [0.4, 0.5) is 0 Å². The molecule has 5 heteroatoms. The van der Waals surface area contributed by atoms with E-state index in [4.69, 9.17) is 4.98 Å². The fraction of sp³-hybridized carbons (Fsp3) is 0.286. The molecule has 3 aromatic heterocycles. The number of fused-ring (bicyclic) bond motifs is 2. The Kier molecular flexibility index (Phi) is 4.80. The zero-order valence-electron chi connectivity index (χ0n) is 19.4. The third-order valence-electron chi connectivity index (χ3n) is 7.05. The molecule has 0 spiro atoms. The summed E-state index contributed by atoms with van der Waals surface area (Å²) in [5.74, 6) is 0. The molecule has 2 aromatic carbocycles. The molecule has 0 amide bonds.